The molecule has 192 valence electrons. The molecular weight excluding hydrogens is 534 g/mol. The van der Waals surface area contributed by atoms with E-state index in [-0.39, 0.29) is 12.5 Å². The second kappa shape index (κ2) is 13.5. The van der Waals surface area contributed by atoms with E-state index in [4.69, 9.17) is 4.74 Å². The molecule has 35 heavy (non-hydrogen) atoms. The number of sulfonamides is 1. The zero-order valence-electron chi connectivity index (χ0n) is 20.7. The number of halogens is 1. The number of benzene rings is 2. The number of rotatable bonds is 13. The van der Waals surface area contributed by atoms with E-state index in [2.05, 4.69) is 21.2 Å². The summed E-state index contributed by atoms with van der Waals surface area (Å²) in [6.45, 7) is 4.08. The maximum absolute atomic E-state index is 13.6. The molecule has 0 heterocycles. The van der Waals surface area contributed by atoms with Gasteiger partial charge in [-0.05, 0) is 48.7 Å². The minimum atomic E-state index is -3.77. The van der Waals surface area contributed by atoms with Crippen molar-refractivity contribution < 1.29 is 22.7 Å². The number of hydrogen-bond acceptors (Lipinski definition) is 5. The second-order valence-electron chi connectivity index (χ2n) is 8.19. The highest BCUT2D eigenvalue weighted by molar-refractivity contribution is 9.10. The normalized spacial score (nSPS) is 12.0. The Morgan fingerprint density at radius 1 is 1.11 bits per heavy atom. The largest absolute Gasteiger partial charge is 0.497 e. The van der Waals surface area contributed by atoms with Crippen LogP contribution < -0.4 is 14.4 Å². The van der Waals surface area contributed by atoms with Gasteiger partial charge in [0.15, 0.2) is 0 Å². The predicted molar refractivity (Wildman–Crippen MR) is 142 cm³/mol. The molecule has 0 saturated carbocycles. The molecule has 2 aromatic rings. The van der Waals surface area contributed by atoms with E-state index < -0.39 is 28.5 Å². The summed E-state index contributed by atoms with van der Waals surface area (Å²) >= 11 is 3.35. The number of carbonyl (C=O) groups excluding carboxylic acids is 2. The topological polar surface area (TPSA) is 96.0 Å². The summed E-state index contributed by atoms with van der Waals surface area (Å²) in [5.41, 5.74) is 1.13. The first-order valence-corrected chi connectivity index (χ1v) is 14.2. The van der Waals surface area contributed by atoms with Gasteiger partial charge in [-0.3, -0.25) is 13.9 Å². The number of amides is 2. The van der Waals surface area contributed by atoms with Crippen LogP contribution in [0.1, 0.15) is 38.7 Å². The third-order valence-electron chi connectivity index (χ3n) is 5.48. The Labute approximate surface area is 216 Å². The first kappa shape index (κ1) is 28.6. The van der Waals surface area contributed by atoms with E-state index in [1.54, 1.807) is 43.5 Å². The van der Waals surface area contributed by atoms with Crippen LogP contribution in [0.3, 0.4) is 0 Å². The number of anilines is 1. The zero-order chi connectivity index (χ0) is 26.0. The van der Waals surface area contributed by atoms with Gasteiger partial charge in [-0.25, -0.2) is 8.42 Å². The average Bonchev–Trinajstić information content (AvgIpc) is 2.81. The van der Waals surface area contributed by atoms with Crippen molar-refractivity contribution in [2.75, 3.05) is 30.8 Å². The summed E-state index contributed by atoms with van der Waals surface area (Å²) in [6.07, 6.45) is 3.20. The lowest BCUT2D eigenvalue weighted by Gasteiger charge is -2.33. The molecular formula is C25H34BrN3O5S. The maximum Gasteiger partial charge on any atom is 0.244 e. The molecule has 1 N–H and O–H groups in total. The summed E-state index contributed by atoms with van der Waals surface area (Å²) < 4.78 is 32.3. The lowest BCUT2D eigenvalue weighted by Crippen LogP contribution is -2.52. The number of nitrogens with zero attached hydrogens (tertiary/aromatic N) is 2. The van der Waals surface area contributed by atoms with Crippen molar-refractivity contribution in [1.29, 1.82) is 0 Å². The Bertz CT molecular complexity index is 1110. The Hall–Kier alpha value is -2.59. The molecule has 0 saturated heterocycles. The predicted octanol–water partition coefficient (Wildman–Crippen LogP) is 3.95. The highest BCUT2D eigenvalue weighted by Crippen LogP contribution is 2.23. The van der Waals surface area contributed by atoms with Gasteiger partial charge in [0.1, 0.15) is 18.3 Å². The fourth-order valence-corrected chi connectivity index (χ4v) is 4.87. The van der Waals surface area contributed by atoms with Gasteiger partial charge >= 0.3 is 0 Å². The summed E-state index contributed by atoms with van der Waals surface area (Å²) in [6, 6.07) is 13.2. The van der Waals surface area contributed by atoms with Crippen molar-refractivity contribution in [3.05, 3.63) is 58.6 Å². The van der Waals surface area contributed by atoms with Crippen molar-refractivity contribution in [2.45, 2.75) is 45.7 Å². The number of ether oxygens (including phenoxy) is 1. The zero-order valence-corrected chi connectivity index (χ0v) is 23.1. The molecule has 0 unspecified atom stereocenters. The van der Waals surface area contributed by atoms with Gasteiger partial charge < -0.3 is 15.0 Å². The Morgan fingerprint density at radius 3 is 2.43 bits per heavy atom. The molecule has 0 aliphatic rings. The fourth-order valence-electron chi connectivity index (χ4n) is 3.64. The van der Waals surface area contributed by atoms with Crippen LogP contribution in [0.25, 0.3) is 0 Å². The van der Waals surface area contributed by atoms with Crippen LogP contribution in [0.4, 0.5) is 5.69 Å². The molecule has 0 bridgehead atoms. The monoisotopic (exact) mass is 567 g/mol. The molecule has 0 aliphatic heterocycles. The van der Waals surface area contributed by atoms with Crippen LogP contribution in [0.15, 0.2) is 53.0 Å². The Morgan fingerprint density at radius 2 is 1.83 bits per heavy atom. The number of hydrogen-bond donors (Lipinski definition) is 1. The highest BCUT2D eigenvalue weighted by atomic mass is 79.9. The van der Waals surface area contributed by atoms with Gasteiger partial charge in [0, 0.05) is 17.6 Å². The molecule has 2 rings (SSSR count). The quantitative estimate of drug-likeness (QED) is 0.370. The van der Waals surface area contributed by atoms with Crippen molar-refractivity contribution >= 4 is 43.5 Å². The molecule has 0 spiro atoms. The molecule has 8 nitrogen and oxygen atoms in total. The smallest absolute Gasteiger partial charge is 0.244 e. The van der Waals surface area contributed by atoms with Gasteiger partial charge in [-0.2, -0.15) is 0 Å². The van der Waals surface area contributed by atoms with Crippen LogP contribution in [-0.2, 0) is 26.2 Å². The van der Waals surface area contributed by atoms with Crippen LogP contribution in [0, 0.1) is 0 Å². The van der Waals surface area contributed by atoms with Crippen molar-refractivity contribution in [3.8, 4) is 5.75 Å². The number of methoxy groups -OCH3 is 1. The molecule has 2 aromatic carbocycles. The van der Waals surface area contributed by atoms with Crippen molar-refractivity contribution in [1.82, 2.24) is 10.2 Å². The molecule has 2 amide bonds. The molecule has 0 aromatic heterocycles. The van der Waals surface area contributed by atoms with Gasteiger partial charge in [-0.1, -0.05) is 54.4 Å². The molecule has 0 aliphatic carbocycles. The summed E-state index contributed by atoms with van der Waals surface area (Å²) in [4.78, 5) is 28.1. The van der Waals surface area contributed by atoms with E-state index in [0.29, 0.717) is 28.9 Å². The maximum atomic E-state index is 13.6. The minimum Gasteiger partial charge on any atom is -0.497 e. The van der Waals surface area contributed by atoms with Crippen molar-refractivity contribution in [3.63, 3.8) is 0 Å². The first-order chi connectivity index (χ1) is 16.6. The Balaban J connectivity index is 2.42. The van der Waals surface area contributed by atoms with Crippen LogP contribution in [-0.4, -0.2) is 57.6 Å². The molecule has 1 atom stereocenters. The lowest BCUT2D eigenvalue weighted by molar-refractivity contribution is -0.140. The van der Waals surface area contributed by atoms with Gasteiger partial charge in [0.2, 0.25) is 21.8 Å². The molecule has 10 heteroatoms. The SMILES string of the molecule is CCCCNC(=O)[C@H](CC)N(Cc1cccc(OC)c1)C(=O)CN(c1cccc(Br)c1)S(C)(=O)=O. The van der Waals surface area contributed by atoms with Gasteiger partial charge in [0.05, 0.1) is 19.1 Å². The minimum absolute atomic E-state index is 0.131. The molecule has 0 radical (unpaired) electrons. The Kier molecular flexibility index (Phi) is 11.0. The van der Waals surface area contributed by atoms with Crippen LogP contribution in [0.2, 0.25) is 0 Å². The van der Waals surface area contributed by atoms with Gasteiger partial charge in [0.25, 0.3) is 0 Å². The van der Waals surface area contributed by atoms with E-state index in [0.717, 1.165) is 29.0 Å². The van der Waals surface area contributed by atoms with Crippen LogP contribution in [0.5, 0.6) is 5.75 Å². The van der Waals surface area contributed by atoms with E-state index >= 15 is 0 Å². The standard InChI is InChI=1S/C25H34BrN3O5S/c1-5-7-14-27-25(31)23(6-2)28(17-19-10-8-13-22(15-19)34-3)24(30)18-29(35(4,32)33)21-12-9-11-20(26)16-21/h8-13,15-16,23H,5-7,14,17-18H2,1-4H3,(H,27,31)/t23-/m0/s1. The first-order valence-electron chi connectivity index (χ1n) is 11.5. The fraction of sp³-hybridized carbons (Fsp3) is 0.440. The molecule has 0 fully saturated rings. The van der Waals surface area contributed by atoms with E-state index in [9.17, 15) is 18.0 Å². The number of nitrogens with one attached hydrogen (secondary N) is 1. The van der Waals surface area contributed by atoms with Crippen molar-refractivity contribution in [2.24, 2.45) is 0 Å². The van der Waals surface area contributed by atoms with E-state index in [1.807, 2.05) is 26.0 Å². The van der Waals surface area contributed by atoms with Crippen LogP contribution >= 0.6 is 15.9 Å². The van der Waals surface area contributed by atoms with E-state index in [1.165, 1.54) is 4.90 Å². The number of unbranched alkanes of at least 4 members (excludes halogenated alkanes) is 1. The summed E-state index contributed by atoms with van der Waals surface area (Å²) in [7, 11) is -2.22. The van der Waals surface area contributed by atoms with Gasteiger partial charge in [-0.15, -0.1) is 0 Å². The third-order valence-corrected chi connectivity index (χ3v) is 7.11. The lowest BCUT2D eigenvalue weighted by atomic mass is 10.1. The third kappa shape index (κ3) is 8.54. The highest BCUT2D eigenvalue weighted by Gasteiger charge is 2.31. The number of carbonyl (C=O) groups is 2. The summed E-state index contributed by atoms with van der Waals surface area (Å²) in [5.74, 6) is -0.108. The second-order valence-corrected chi connectivity index (χ2v) is 11.0. The summed E-state index contributed by atoms with van der Waals surface area (Å²) in [5, 5.41) is 2.91. The average molecular weight is 569 g/mol.